The highest BCUT2D eigenvalue weighted by Crippen LogP contribution is 2.37. The Kier molecular flexibility index (Phi) is 5.70. The number of fused-ring (bicyclic) bond motifs is 1. The lowest BCUT2D eigenvalue weighted by Gasteiger charge is -2.37. The number of carboxylic acids is 1. The van der Waals surface area contributed by atoms with Crippen LogP contribution in [0.4, 0.5) is 11.4 Å². The number of amidine groups is 1. The molecule has 6 N–H and O–H groups in total. The SMILES string of the molecule is C[C@]1(C(=O)N2CCC[C@H]2C(=O)O)Oc2cc(NC(=O)c3ccc(C(=N)N)cc3)ccc2NC1=O. The number of likely N-dealkylation sites (tertiary alicyclic amines) is 1. The molecule has 0 spiro atoms. The Labute approximate surface area is 194 Å². The second-order valence-electron chi connectivity index (χ2n) is 8.24. The van der Waals surface area contributed by atoms with Crippen LogP contribution in [-0.2, 0) is 14.4 Å². The van der Waals surface area contributed by atoms with Gasteiger partial charge in [-0.2, -0.15) is 0 Å². The van der Waals surface area contributed by atoms with Crippen molar-refractivity contribution in [1.29, 1.82) is 5.41 Å². The van der Waals surface area contributed by atoms with Crippen LogP contribution in [0, 0.1) is 5.41 Å². The zero-order chi connectivity index (χ0) is 24.6. The van der Waals surface area contributed by atoms with E-state index in [0.29, 0.717) is 35.3 Å². The summed E-state index contributed by atoms with van der Waals surface area (Å²) >= 11 is 0. The first-order valence-corrected chi connectivity index (χ1v) is 10.5. The van der Waals surface area contributed by atoms with E-state index in [1.54, 1.807) is 18.2 Å². The van der Waals surface area contributed by atoms with Gasteiger partial charge in [0.25, 0.3) is 23.3 Å². The summed E-state index contributed by atoms with van der Waals surface area (Å²) in [6.07, 6.45) is 0.819. The highest BCUT2D eigenvalue weighted by Gasteiger charge is 2.52. The molecule has 2 aromatic rings. The summed E-state index contributed by atoms with van der Waals surface area (Å²) in [5.74, 6) is -2.94. The number of carbonyl (C=O) groups is 4. The van der Waals surface area contributed by atoms with Gasteiger partial charge in [0, 0.05) is 29.4 Å². The summed E-state index contributed by atoms with van der Waals surface area (Å²) in [5.41, 5.74) is 4.96. The topological polar surface area (TPSA) is 175 Å². The fraction of sp³-hybridized carbons (Fsp3) is 0.261. The van der Waals surface area contributed by atoms with Crippen LogP contribution in [0.5, 0.6) is 5.75 Å². The number of ether oxygens (including phenoxy) is 1. The number of benzene rings is 2. The molecule has 0 unspecified atom stereocenters. The van der Waals surface area contributed by atoms with Gasteiger partial charge in [0.15, 0.2) is 0 Å². The Morgan fingerprint density at radius 1 is 1.21 bits per heavy atom. The van der Waals surface area contributed by atoms with Crippen LogP contribution in [0.25, 0.3) is 0 Å². The number of nitrogens with zero attached hydrogens (tertiary/aromatic N) is 1. The first-order valence-electron chi connectivity index (χ1n) is 10.5. The normalized spacial score (nSPS) is 21.1. The first-order chi connectivity index (χ1) is 16.1. The van der Waals surface area contributed by atoms with Crippen molar-refractivity contribution in [3.05, 3.63) is 53.6 Å². The fourth-order valence-corrected chi connectivity index (χ4v) is 3.98. The highest BCUT2D eigenvalue weighted by atomic mass is 16.5. The molecule has 0 saturated carbocycles. The molecule has 11 heteroatoms. The van der Waals surface area contributed by atoms with Gasteiger partial charge in [0.2, 0.25) is 0 Å². The Hall–Kier alpha value is -4.41. The van der Waals surface area contributed by atoms with E-state index in [0.717, 1.165) is 4.90 Å². The number of anilines is 2. The van der Waals surface area contributed by atoms with Crippen molar-refractivity contribution < 1.29 is 29.0 Å². The standard InChI is InChI=1S/C23H23N5O6/c1-23(22(33)28-10-2-3-16(28)20(30)31)21(32)27-15-9-8-14(11-17(15)34-23)26-19(29)13-6-4-12(5-7-13)18(24)25/h4-9,11,16H,2-3,10H2,1H3,(H3,24,25)(H,26,29)(H,27,32)(H,30,31)/t16-,23-/m0/s1. The van der Waals surface area contributed by atoms with Crippen LogP contribution in [0.15, 0.2) is 42.5 Å². The summed E-state index contributed by atoms with van der Waals surface area (Å²) in [7, 11) is 0. The zero-order valence-electron chi connectivity index (χ0n) is 18.3. The minimum absolute atomic E-state index is 0.109. The van der Waals surface area contributed by atoms with Crippen LogP contribution in [0.1, 0.15) is 35.7 Å². The second-order valence-corrected chi connectivity index (χ2v) is 8.24. The monoisotopic (exact) mass is 465 g/mol. The molecular formula is C23H23N5O6. The van der Waals surface area contributed by atoms with E-state index in [2.05, 4.69) is 10.6 Å². The van der Waals surface area contributed by atoms with Gasteiger partial charge in [-0.1, -0.05) is 12.1 Å². The maximum atomic E-state index is 13.2. The molecule has 34 heavy (non-hydrogen) atoms. The van der Waals surface area contributed by atoms with Gasteiger partial charge in [-0.05, 0) is 44.0 Å². The molecule has 3 amide bonds. The summed E-state index contributed by atoms with van der Waals surface area (Å²) in [6, 6.07) is 9.74. The average molecular weight is 465 g/mol. The van der Waals surface area contributed by atoms with Crippen LogP contribution in [0.3, 0.4) is 0 Å². The van der Waals surface area contributed by atoms with Crippen molar-refractivity contribution in [3.63, 3.8) is 0 Å². The van der Waals surface area contributed by atoms with Gasteiger partial charge < -0.3 is 31.1 Å². The van der Waals surface area contributed by atoms with Gasteiger partial charge in [-0.25, -0.2) is 4.79 Å². The van der Waals surface area contributed by atoms with Crippen LogP contribution in [0.2, 0.25) is 0 Å². The summed E-state index contributed by atoms with van der Waals surface area (Å²) in [5, 5.41) is 22.2. The van der Waals surface area contributed by atoms with E-state index >= 15 is 0 Å². The molecule has 0 aliphatic carbocycles. The summed E-state index contributed by atoms with van der Waals surface area (Å²) in [6.45, 7) is 1.51. The predicted molar refractivity (Wildman–Crippen MR) is 122 cm³/mol. The van der Waals surface area contributed by atoms with E-state index in [1.165, 1.54) is 31.2 Å². The smallest absolute Gasteiger partial charge is 0.326 e. The van der Waals surface area contributed by atoms with Gasteiger partial charge in [0.05, 0.1) is 5.69 Å². The number of carbonyl (C=O) groups excluding carboxylic acids is 3. The highest BCUT2D eigenvalue weighted by molar-refractivity contribution is 6.16. The van der Waals surface area contributed by atoms with E-state index in [9.17, 15) is 24.3 Å². The van der Waals surface area contributed by atoms with Crippen molar-refractivity contribution in [3.8, 4) is 5.75 Å². The lowest BCUT2D eigenvalue weighted by atomic mass is 10.00. The molecule has 0 radical (unpaired) electrons. The molecule has 2 aliphatic rings. The largest absolute Gasteiger partial charge is 0.480 e. The number of nitrogens with two attached hydrogens (primary N) is 1. The van der Waals surface area contributed by atoms with Crippen LogP contribution >= 0.6 is 0 Å². The van der Waals surface area contributed by atoms with Gasteiger partial charge >= 0.3 is 5.97 Å². The molecule has 0 aromatic heterocycles. The third kappa shape index (κ3) is 4.03. The molecule has 2 aromatic carbocycles. The first kappa shape index (κ1) is 22.8. The molecule has 2 aliphatic heterocycles. The fourth-order valence-electron chi connectivity index (χ4n) is 3.98. The number of carboxylic acid groups (broad SMARTS) is 1. The van der Waals surface area contributed by atoms with E-state index in [-0.39, 0.29) is 18.1 Å². The number of nitrogen functional groups attached to an aromatic ring is 1. The molecule has 1 saturated heterocycles. The lowest BCUT2D eigenvalue weighted by molar-refractivity contribution is -0.160. The quantitative estimate of drug-likeness (QED) is 0.252. The van der Waals surface area contributed by atoms with Gasteiger partial charge in [0.1, 0.15) is 17.6 Å². The molecule has 176 valence electrons. The molecule has 11 nitrogen and oxygen atoms in total. The predicted octanol–water partition coefficient (Wildman–Crippen LogP) is 1.39. The molecule has 2 heterocycles. The minimum Gasteiger partial charge on any atom is -0.480 e. The second kappa shape index (κ2) is 8.50. The van der Waals surface area contributed by atoms with Crippen molar-refractivity contribution >= 4 is 40.9 Å². The minimum atomic E-state index is -1.96. The Morgan fingerprint density at radius 3 is 2.53 bits per heavy atom. The number of amides is 3. The Morgan fingerprint density at radius 2 is 1.88 bits per heavy atom. The third-order valence-corrected chi connectivity index (χ3v) is 5.90. The van der Waals surface area contributed by atoms with Crippen LogP contribution in [-0.4, -0.2) is 57.7 Å². The summed E-state index contributed by atoms with van der Waals surface area (Å²) < 4.78 is 5.82. The zero-order valence-corrected chi connectivity index (χ0v) is 18.3. The summed E-state index contributed by atoms with van der Waals surface area (Å²) in [4.78, 5) is 51.2. The molecule has 2 atom stereocenters. The number of hydrogen-bond donors (Lipinski definition) is 5. The van der Waals surface area contributed by atoms with Gasteiger partial charge in [-0.15, -0.1) is 0 Å². The van der Waals surface area contributed by atoms with E-state index in [1.807, 2.05) is 0 Å². The average Bonchev–Trinajstić information content (AvgIpc) is 3.30. The van der Waals surface area contributed by atoms with E-state index in [4.69, 9.17) is 15.9 Å². The molecule has 4 rings (SSSR count). The van der Waals surface area contributed by atoms with Crippen molar-refractivity contribution in [2.75, 3.05) is 17.2 Å². The number of hydrogen-bond acceptors (Lipinski definition) is 6. The maximum absolute atomic E-state index is 13.2. The van der Waals surface area contributed by atoms with Crippen molar-refractivity contribution in [2.45, 2.75) is 31.4 Å². The molecule has 1 fully saturated rings. The lowest BCUT2D eigenvalue weighted by Crippen LogP contribution is -2.61. The van der Waals surface area contributed by atoms with Crippen molar-refractivity contribution in [2.24, 2.45) is 5.73 Å². The Bertz CT molecular complexity index is 1210. The third-order valence-electron chi connectivity index (χ3n) is 5.90. The maximum Gasteiger partial charge on any atom is 0.326 e. The van der Waals surface area contributed by atoms with Crippen LogP contribution < -0.4 is 21.1 Å². The van der Waals surface area contributed by atoms with Crippen molar-refractivity contribution in [1.82, 2.24) is 4.90 Å². The van der Waals surface area contributed by atoms with Gasteiger partial charge in [-0.3, -0.25) is 19.8 Å². The molecular weight excluding hydrogens is 442 g/mol. The number of nitrogens with one attached hydrogen (secondary N) is 3. The number of aliphatic carboxylic acids is 1. The van der Waals surface area contributed by atoms with E-state index < -0.39 is 35.3 Å². The molecule has 0 bridgehead atoms. The number of rotatable bonds is 5. The Balaban J connectivity index is 1.54.